The van der Waals surface area contributed by atoms with Gasteiger partial charge in [0.25, 0.3) is 5.91 Å². The van der Waals surface area contributed by atoms with Gasteiger partial charge in [0.2, 0.25) is 0 Å². The highest BCUT2D eigenvalue weighted by molar-refractivity contribution is 7.90. The zero-order chi connectivity index (χ0) is 19.8. The number of hydrogen-bond acceptors (Lipinski definition) is 6. The molecule has 3 rings (SSSR count). The molecule has 6 nitrogen and oxygen atoms in total. The molecular formula is C17H14Cl2N2O4S2. The van der Waals surface area contributed by atoms with E-state index < -0.39 is 21.8 Å². The summed E-state index contributed by atoms with van der Waals surface area (Å²) in [5.41, 5.74) is 0.594. The number of nitrogens with one attached hydrogen (secondary N) is 1. The average molecular weight is 445 g/mol. The number of rotatable bonds is 5. The normalized spacial score (nSPS) is 12.7. The Labute approximate surface area is 170 Å². The van der Waals surface area contributed by atoms with Gasteiger partial charge in [0.1, 0.15) is 5.75 Å². The highest BCUT2D eigenvalue weighted by Gasteiger charge is 2.18. The van der Waals surface area contributed by atoms with Crippen molar-refractivity contribution in [3.63, 3.8) is 0 Å². The van der Waals surface area contributed by atoms with E-state index in [4.69, 9.17) is 27.9 Å². The maximum Gasteiger partial charge on any atom is 0.266 e. The van der Waals surface area contributed by atoms with E-state index in [2.05, 4.69) is 10.3 Å². The summed E-state index contributed by atoms with van der Waals surface area (Å²) in [6.07, 6.45) is 0.306. The molecule has 0 unspecified atom stereocenters. The number of aromatic nitrogens is 1. The predicted octanol–water partition coefficient (Wildman–Crippen LogP) is 4.41. The lowest BCUT2D eigenvalue weighted by atomic mass is 10.3. The van der Waals surface area contributed by atoms with E-state index in [0.717, 1.165) is 6.26 Å². The molecule has 27 heavy (non-hydrogen) atoms. The molecule has 1 heterocycles. The number of benzene rings is 2. The number of amides is 1. The number of fused-ring (bicyclic) bond motifs is 1. The molecule has 0 saturated heterocycles. The van der Waals surface area contributed by atoms with Crippen LogP contribution in [0, 0.1) is 0 Å². The quantitative estimate of drug-likeness (QED) is 0.629. The summed E-state index contributed by atoms with van der Waals surface area (Å²) in [7, 11) is -3.31. The van der Waals surface area contributed by atoms with Crippen LogP contribution in [0.25, 0.3) is 10.2 Å². The SMILES string of the molecule is C[C@H](Oc1ccc(Cl)cc1Cl)C(=O)Nc1nc2ccc(S(C)(=O)=O)cc2s1. The van der Waals surface area contributed by atoms with E-state index in [1.807, 2.05) is 0 Å². The molecule has 0 saturated carbocycles. The van der Waals surface area contributed by atoms with Gasteiger partial charge in [-0.1, -0.05) is 34.5 Å². The molecule has 1 atom stereocenters. The van der Waals surface area contributed by atoms with Crippen LogP contribution in [0.1, 0.15) is 6.92 Å². The van der Waals surface area contributed by atoms with Crippen LogP contribution in [0.5, 0.6) is 5.75 Å². The van der Waals surface area contributed by atoms with Crippen molar-refractivity contribution in [2.24, 2.45) is 0 Å². The first kappa shape index (κ1) is 19.9. The molecule has 0 spiro atoms. The largest absolute Gasteiger partial charge is 0.479 e. The minimum atomic E-state index is -3.31. The maximum atomic E-state index is 12.4. The first-order chi connectivity index (χ1) is 12.6. The van der Waals surface area contributed by atoms with Crippen molar-refractivity contribution >= 4 is 65.6 Å². The molecule has 142 valence electrons. The second-order valence-electron chi connectivity index (χ2n) is 5.74. The Kier molecular flexibility index (Phi) is 5.62. The Morgan fingerprint density at radius 1 is 1.22 bits per heavy atom. The van der Waals surface area contributed by atoms with E-state index in [1.54, 1.807) is 25.1 Å². The lowest BCUT2D eigenvalue weighted by molar-refractivity contribution is -0.122. The third-order valence-corrected chi connectivity index (χ3v) is 6.16. The van der Waals surface area contributed by atoms with Crippen LogP contribution in [0.3, 0.4) is 0 Å². The van der Waals surface area contributed by atoms with Crippen LogP contribution in [0.4, 0.5) is 5.13 Å². The second kappa shape index (κ2) is 7.63. The summed E-state index contributed by atoms with van der Waals surface area (Å²) < 4.78 is 29.5. The minimum absolute atomic E-state index is 0.200. The fourth-order valence-corrected chi connectivity index (χ4v) is 4.29. The number of carbonyl (C=O) groups is 1. The van der Waals surface area contributed by atoms with Crippen LogP contribution in [-0.4, -0.2) is 31.7 Å². The summed E-state index contributed by atoms with van der Waals surface area (Å²) in [5, 5.41) is 3.78. The monoisotopic (exact) mass is 444 g/mol. The lowest BCUT2D eigenvalue weighted by Gasteiger charge is -2.14. The summed E-state index contributed by atoms with van der Waals surface area (Å²) in [4.78, 5) is 16.9. The van der Waals surface area contributed by atoms with E-state index in [1.165, 1.54) is 29.5 Å². The van der Waals surface area contributed by atoms with Crippen LogP contribution in [0.2, 0.25) is 10.0 Å². The average Bonchev–Trinajstić information content (AvgIpc) is 2.97. The van der Waals surface area contributed by atoms with Crippen LogP contribution in [-0.2, 0) is 14.6 Å². The molecular weight excluding hydrogens is 431 g/mol. The highest BCUT2D eigenvalue weighted by atomic mass is 35.5. The van der Waals surface area contributed by atoms with Gasteiger partial charge in [0.05, 0.1) is 20.1 Å². The number of hydrogen-bond donors (Lipinski definition) is 1. The molecule has 0 aliphatic carbocycles. The molecule has 1 amide bonds. The number of nitrogens with zero attached hydrogens (tertiary/aromatic N) is 1. The molecule has 0 fully saturated rings. The van der Waals surface area contributed by atoms with Gasteiger partial charge in [0.15, 0.2) is 21.1 Å². The predicted molar refractivity (Wildman–Crippen MR) is 108 cm³/mol. The molecule has 0 radical (unpaired) electrons. The van der Waals surface area contributed by atoms with Crippen LogP contribution < -0.4 is 10.1 Å². The molecule has 0 aliphatic rings. The third kappa shape index (κ3) is 4.70. The topological polar surface area (TPSA) is 85.4 Å². The summed E-state index contributed by atoms with van der Waals surface area (Å²) >= 11 is 13.1. The minimum Gasteiger partial charge on any atom is -0.479 e. The number of sulfone groups is 1. The molecule has 1 N–H and O–H groups in total. The fourth-order valence-electron chi connectivity index (χ4n) is 2.21. The van der Waals surface area contributed by atoms with Crippen molar-refractivity contribution in [3.05, 3.63) is 46.4 Å². The van der Waals surface area contributed by atoms with Gasteiger partial charge < -0.3 is 4.74 Å². The zero-order valence-electron chi connectivity index (χ0n) is 14.2. The van der Waals surface area contributed by atoms with Gasteiger partial charge in [-0.3, -0.25) is 10.1 Å². The first-order valence-electron chi connectivity index (χ1n) is 7.67. The second-order valence-corrected chi connectivity index (χ2v) is 9.63. The Morgan fingerprint density at radius 2 is 1.96 bits per heavy atom. The van der Waals surface area contributed by atoms with Crippen molar-refractivity contribution in [1.29, 1.82) is 0 Å². The number of carbonyl (C=O) groups excluding carboxylic acids is 1. The van der Waals surface area contributed by atoms with E-state index in [9.17, 15) is 13.2 Å². The van der Waals surface area contributed by atoms with E-state index in [-0.39, 0.29) is 4.90 Å². The van der Waals surface area contributed by atoms with Gasteiger partial charge in [-0.25, -0.2) is 13.4 Å². The molecule has 0 bridgehead atoms. The Balaban J connectivity index is 1.75. The number of halogens is 2. The van der Waals surface area contributed by atoms with Gasteiger partial charge in [-0.2, -0.15) is 0 Å². The van der Waals surface area contributed by atoms with Gasteiger partial charge in [-0.05, 0) is 43.3 Å². The van der Waals surface area contributed by atoms with Crippen LogP contribution >= 0.6 is 34.5 Å². The lowest BCUT2D eigenvalue weighted by Crippen LogP contribution is -2.30. The molecule has 1 aromatic heterocycles. The first-order valence-corrected chi connectivity index (χ1v) is 11.1. The Bertz CT molecular complexity index is 1130. The molecule has 0 aliphatic heterocycles. The zero-order valence-corrected chi connectivity index (χ0v) is 17.3. The van der Waals surface area contributed by atoms with Gasteiger partial charge in [-0.15, -0.1) is 0 Å². The smallest absolute Gasteiger partial charge is 0.266 e. The molecule has 3 aromatic rings. The van der Waals surface area contributed by atoms with Crippen molar-refractivity contribution in [1.82, 2.24) is 4.98 Å². The van der Waals surface area contributed by atoms with Gasteiger partial charge in [0, 0.05) is 11.3 Å². The van der Waals surface area contributed by atoms with Crippen molar-refractivity contribution in [3.8, 4) is 5.75 Å². The third-order valence-electron chi connectivity index (χ3n) is 3.59. The fraction of sp³-hybridized carbons (Fsp3) is 0.176. The van der Waals surface area contributed by atoms with Crippen molar-refractivity contribution in [2.75, 3.05) is 11.6 Å². The Morgan fingerprint density at radius 3 is 2.63 bits per heavy atom. The maximum absolute atomic E-state index is 12.4. The summed E-state index contributed by atoms with van der Waals surface area (Å²) in [6.45, 7) is 1.58. The number of thiazole rings is 1. The number of anilines is 1. The summed E-state index contributed by atoms with van der Waals surface area (Å²) in [5.74, 6) is -0.0748. The van der Waals surface area contributed by atoms with Gasteiger partial charge >= 0.3 is 0 Å². The van der Waals surface area contributed by atoms with E-state index >= 15 is 0 Å². The van der Waals surface area contributed by atoms with Crippen molar-refractivity contribution < 1.29 is 17.9 Å². The van der Waals surface area contributed by atoms with Crippen molar-refractivity contribution in [2.45, 2.75) is 17.9 Å². The summed E-state index contributed by atoms with van der Waals surface area (Å²) in [6, 6.07) is 9.34. The Hall–Kier alpha value is -1.87. The standard InChI is InChI=1S/C17H14Cl2N2O4S2/c1-9(25-14-6-3-10(18)7-12(14)19)16(22)21-17-20-13-5-4-11(27(2,23)24)8-15(13)26-17/h3-9H,1-2H3,(H,20,21,22)/t9-/m0/s1. The highest BCUT2D eigenvalue weighted by Crippen LogP contribution is 2.30. The number of ether oxygens (including phenoxy) is 1. The van der Waals surface area contributed by atoms with E-state index in [0.29, 0.717) is 31.1 Å². The molecule has 2 aromatic carbocycles. The molecule has 10 heteroatoms. The van der Waals surface area contributed by atoms with Crippen LogP contribution in [0.15, 0.2) is 41.3 Å².